The van der Waals surface area contributed by atoms with Crippen LogP contribution in [0.25, 0.3) is 0 Å². The van der Waals surface area contributed by atoms with E-state index in [1.54, 1.807) is 18.2 Å². The van der Waals surface area contributed by atoms with Crippen LogP contribution in [-0.4, -0.2) is 23.9 Å². The highest BCUT2D eigenvalue weighted by atomic mass is 19.1. The fraction of sp³-hybridized carbons (Fsp3) is 0.429. The van der Waals surface area contributed by atoms with E-state index < -0.39 is 6.04 Å². The van der Waals surface area contributed by atoms with Gasteiger partial charge in [0.25, 0.3) is 0 Å². The SMILES string of the molecule is N#CC(c1ccccc1F)N1CCC(C(N)=O)CC1. The van der Waals surface area contributed by atoms with Gasteiger partial charge in [0.05, 0.1) is 6.07 Å². The lowest BCUT2D eigenvalue weighted by Crippen LogP contribution is -2.40. The predicted octanol–water partition coefficient (Wildman–Crippen LogP) is 1.59. The molecular weight excluding hydrogens is 245 g/mol. The third-order valence-electron chi connectivity index (χ3n) is 3.62. The number of carbonyl (C=O) groups is 1. The van der Waals surface area contributed by atoms with E-state index in [2.05, 4.69) is 6.07 Å². The summed E-state index contributed by atoms with van der Waals surface area (Å²) in [4.78, 5) is 13.0. The van der Waals surface area contributed by atoms with Crippen molar-refractivity contribution in [2.75, 3.05) is 13.1 Å². The number of nitrogens with two attached hydrogens (primary N) is 1. The van der Waals surface area contributed by atoms with Crippen LogP contribution in [0.4, 0.5) is 4.39 Å². The molecule has 1 amide bonds. The Kier molecular flexibility index (Phi) is 4.13. The number of carbonyl (C=O) groups excluding carboxylic acids is 1. The van der Waals surface area contributed by atoms with Gasteiger partial charge in [-0.1, -0.05) is 18.2 Å². The quantitative estimate of drug-likeness (QED) is 0.898. The Morgan fingerprint density at radius 2 is 2.05 bits per heavy atom. The molecular formula is C14H16FN3O. The first-order valence-corrected chi connectivity index (χ1v) is 6.31. The third-order valence-corrected chi connectivity index (χ3v) is 3.62. The minimum Gasteiger partial charge on any atom is -0.369 e. The van der Waals surface area contributed by atoms with E-state index in [1.165, 1.54) is 6.07 Å². The van der Waals surface area contributed by atoms with Gasteiger partial charge in [0.2, 0.25) is 5.91 Å². The molecule has 2 N–H and O–H groups in total. The molecule has 1 unspecified atom stereocenters. The van der Waals surface area contributed by atoms with E-state index in [0.717, 1.165) is 0 Å². The molecule has 100 valence electrons. The number of benzene rings is 1. The molecule has 0 radical (unpaired) electrons. The molecule has 0 aromatic heterocycles. The zero-order chi connectivity index (χ0) is 13.8. The van der Waals surface area contributed by atoms with E-state index in [1.807, 2.05) is 4.90 Å². The number of nitrogens with zero attached hydrogens (tertiary/aromatic N) is 2. The first-order chi connectivity index (χ1) is 9.13. The van der Waals surface area contributed by atoms with Gasteiger partial charge in [0.15, 0.2) is 0 Å². The van der Waals surface area contributed by atoms with Gasteiger partial charge in [-0.15, -0.1) is 0 Å². The number of likely N-dealkylation sites (tertiary alicyclic amines) is 1. The summed E-state index contributed by atoms with van der Waals surface area (Å²) in [5, 5.41) is 9.28. The van der Waals surface area contributed by atoms with Crippen molar-refractivity contribution in [1.29, 1.82) is 5.26 Å². The summed E-state index contributed by atoms with van der Waals surface area (Å²) in [5.74, 6) is -0.790. The second-order valence-electron chi connectivity index (χ2n) is 4.77. The van der Waals surface area contributed by atoms with Gasteiger partial charge in [0, 0.05) is 24.6 Å². The molecule has 5 heteroatoms. The molecule has 4 nitrogen and oxygen atoms in total. The fourth-order valence-electron chi connectivity index (χ4n) is 2.49. The Morgan fingerprint density at radius 1 is 1.42 bits per heavy atom. The second kappa shape index (κ2) is 5.81. The standard InChI is InChI=1S/C14H16FN3O/c15-12-4-2-1-3-11(12)13(9-16)18-7-5-10(6-8-18)14(17)19/h1-4,10,13H,5-8H2,(H2,17,19). The van der Waals surface area contributed by atoms with Crippen LogP contribution in [0.3, 0.4) is 0 Å². The van der Waals surface area contributed by atoms with E-state index in [4.69, 9.17) is 5.73 Å². The predicted molar refractivity (Wildman–Crippen MR) is 68.2 cm³/mol. The Bertz CT molecular complexity index is 504. The lowest BCUT2D eigenvalue weighted by atomic mass is 9.94. The molecule has 0 aliphatic carbocycles. The number of piperidine rings is 1. The van der Waals surface area contributed by atoms with Crippen molar-refractivity contribution in [3.05, 3.63) is 35.6 Å². The molecule has 0 saturated carbocycles. The zero-order valence-electron chi connectivity index (χ0n) is 10.6. The maximum Gasteiger partial charge on any atom is 0.220 e. The van der Waals surface area contributed by atoms with E-state index in [9.17, 15) is 14.4 Å². The van der Waals surface area contributed by atoms with Crippen LogP contribution in [-0.2, 0) is 4.79 Å². The Balaban J connectivity index is 2.11. The normalized spacial score (nSPS) is 18.7. The van der Waals surface area contributed by atoms with Gasteiger partial charge in [0.1, 0.15) is 11.9 Å². The summed E-state index contributed by atoms with van der Waals surface area (Å²) in [7, 11) is 0. The number of nitriles is 1. The summed E-state index contributed by atoms with van der Waals surface area (Å²) < 4.78 is 13.7. The maximum absolute atomic E-state index is 13.7. The van der Waals surface area contributed by atoms with E-state index >= 15 is 0 Å². The van der Waals surface area contributed by atoms with Crippen LogP contribution in [0, 0.1) is 23.1 Å². The van der Waals surface area contributed by atoms with Crippen molar-refractivity contribution >= 4 is 5.91 Å². The molecule has 19 heavy (non-hydrogen) atoms. The lowest BCUT2D eigenvalue weighted by molar-refractivity contribution is -0.123. The van der Waals surface area contributed by atoms with Gasteiger partial charge in [-0.3, -0.25) is 9.69 Å². The minimum absolute atomic E-state index is 0.129. The summed E-state index contributed by atoms with van der Waals surface area (Å²) in [6, 6.07) is 7.85. The molecule has 1 atom stereocenters. The topological polar surface area (TPSA) is 70.1 Å². The molecule has 1 aromatic rings. The molecule has 0 bridgehead atoms. The average molecular weight is 261 g/mol. The van der Waals surface area contributed by atoms with E-state index in [-0.39, 0.29) is 17.6 Å². The van der Waals surface area contributed by atoms with Crippen LogP contribution in [0.5, 0.6) is 0 Å². The fourth-order valence-corrected chi connectivity index (χ4v) is 2.49. The number of halogens is 1. The van der Waals surface area contributed by atoms with Gasteiger partial charge in [-0.2, -0.15) is 5.26 Å². The second-order valence-corrected chi connectivity index (χ2v) is 4.77. The van der Waals surface area contributed by atoms with Gasteiger partial charge in [-0.05, 0) is 18.9 Å². The number of primary amides is 1. The van der Waals surface area contributed by atoms with Crippen LogP contribution >= 0.6 is 0 Å². The zero-order valence-corrected chi connectivity index (χ0v) is 10.6. The molecule has 2 rings (SSSR count). The molecule has 1 saturated heterocycles. The van der Waals surface area contributed by atoms with Gasteiger partial charge >= 0.3 is 0 Å². The van der Waals surface area contributed by atoms with Crippen molar-refractivity contribution in [1.82, 2.24) is 4.90 Å². The average Bonchev–Trinajstić information content (AvgIpc) is 2.42. The van der Waals surface area contributed by atoms with Crippen molar-refractivity contribution < 1.29 is 9.18 Å². The third kappa shape index (κ3) is 2.91. The van der Waals surface area contributed by atoms with Gasteiger partial charge < -0.3 is 5.73 Å². The highest BCUT2D eigenvalue weighted by molar-refractivity contribution is 5.76. The van der Waals surface area contributed by atoms with E-state index in [0.29, 0.717) is 31.5 Å². The molecule has 1 fully saturated rings. The molecule has 1 heterocycles. The van der Waals surface area contributed by atoms with Crippen LogP contribution in [0.2, 0.25) is 0 Å². The largest absolute Gasteiger partial charge is 0.369 e. The molecule has 0 spiro atoms. The summed E-state index contributed by atoms with van der Waals surface area (Å²) >= 11 is 0. The molecule has 1 aliphatic heterocycles. The molecule has 1 aromatic carbocycles. The minimum atomic E-state index is -0.602. The number of hydrogen-bond donors (Lipinski definition) is 1. The van der Waals surface area contributed by atoms with Crippen molar-refractivity contribution in [3.8, 4) is 6.07 Å². The highest BCUT2D eigenvalue weighted by Gasteiger charge is 2.29. The summed E-state index contributed by atoms with van der Waals surface area (Å²) in [6.45, 7) is 1.17. The Labute approximate surface area is 111 Å². The maximum atomic E-state index is 13.7. The Hall–Kier alpha value is -1.93. The van der Waals surface area contributed by atoms with Gasteiger partial charge in [-0.25, -0.2) is 4.39 Å². The lowest BCUT2D eigenvalue weighted by Gasteiger charge is -2.33. The van der Waals surface area contributed by atoms with Crippen molar-refractivity contribution in [2.24, 2.45) is 11.7 Å². The monoisotopic (exact) mass is 261 g/mol. The van der Waals surface area contributed by atoms with Crippen LogP contribution in [0.15, 0.2) is 24.3 Å². The first kappa shape index (κ1) is 13.5. The smallest absolute Gasteiger partial charge is 0.220 e. The summed E-state index contributed by atoms with van der Waals surface area (Å²) in [6.07, 6.45) is 1.25. The number of amides is 1. The highest BCUT2D eigenvalue weighted by Crippen LogP contribution is 2.27. The number of hydrogen-bond acceptors (Lipinski definition) is 3. The van der Waals surface area contributed by atoms with Crippen molar-refractivity contribution in [3.63, 3.8) is 0 Å². The van der Waals surface area contributed by atoms with Crippen molar-refractivity contribution in [2.45, 2.75) is 18.9 Å². The summed E-state index contributed by atoms with van der Waals surface area (Å²) in [5.41, 5.74) is 5.67. The van der Waals surface area contributed by atoms with Crippen LogP contribution in [0.1, 0.15) is 24.4 Å². The first-order valence-electron chi connectivity index (χ1n) is 6.31. The Morgan fingerprint density at radius 3 is 2.58 bits per heavy atom. The molecule has 1 aliphatic rings. The number of rotatable bonds is 3. The van der Waals surface area contributed by atoms with Crippen LogP contribution < -0.4 is 5.73 Å².